The van der Waals surface area contributed by atoms with Gasteiger partial charge in [0, 0.05) is 19.5 Å². The van der Waals surface area contributed by atoms with E-state index < -0.39 is 12.1 Å². The maximum Gasteiger partial charge on any atom is 0.337 e. The Bertz CT molecular complexity index is 64.0. The number of carboxylic acids is 1. The van der Waals surface area contributed by atoms with Crippen LogP contribution < -0.4 is 0 Å². The van der Waals surface area contributed by atoms with E-state index in [9.17, 15) is 9.18 Å². The smallest absolute Gasteiger partial charge is 0.337 e. The first kappa shape index (κ1) is 10.1. The maximum absolute atomic E-state index is 11.2. The van der Waals surface area contributed by atoms with E-state index in [1.807, 2.05) is 0 Å². The van der Waals surface area contributed by atoms with Crippen molar-refractivity contribution in [3.8, 4) is 0 Å². The van der Waals surface area contributed by atoms with E-state index in [0.29, 0.717) is 0 Å². The summed E-state index contributed by atoms with van der Waals surface area (Å²) in [5, 5.41) is 7.62. The van der Waals surface area contributed by atoms with Crippen molar-refractivity contribution in [1.29, 1.82) is 0 Å². The summed E-state index contributed by atoms with van der Waals surface area (Å²) in [6.07, 6.45) is -1.73. The molecule has 0 aliphatic carbocycles. The third kappa shape index (κ3) is 6.02. The average molecular weight is 157 g/mol. The molecule has 0 fully saturated rings. The zero-order chi connectivity index (χ0) is 5.15. The molecule has 4 heteroatoms. The van der Waals surface area contributed by atoms with Gasteiger partial charge >= 0.3 is 5.97 Å². The average Bonchev–Trinajstić information content (AvgIpc) is 1.36. The molecule has 2 nitrogen and oxygen atoms in total. The van der Waals surface area contributed by atoms with E-state index >= 15 is 0 Å². The topological polar surface area (TPSA) is 37.3 Å². The first-order chi connectivity index (χ1) is 2.64. The van der Waals surface area contributed by atoms with E-state index in [1.54, 1.807) is 0 Å². The Morgan fingerprint density at radius 1 is 1.86 bits per heavy atom. The zero-order valence-electron chi connectivity index (χ0n) is 4.02. The number of aliphatic carboxylic acids is 1. The first-order valence-corrected chi connectivity index (χ1v) is 1.51. The van der Waals surface area contributed by atoms with Crippen molar-refractivity contribution in [3.05, 3.63) is 0 Å². The predicted molar refractivity (Wildman–Crippen MR) is 18.2 cm³/mol. The fourth-order valence-corrected chi connectivity index (χ4v) is 0. The predicted octanol–water partition coefficient (Wildman–Crippen LogP) is 0.426. The minimum Gasteiger partial charge on any atom is -0.479 e. The number of alkyl halides is 1. The molecule has 0 radical (unpaired) electrons. The van der Waals surface area contributed by atoms with E-state index in [0.717, 1.165) is 6.92 Å². The summed E-state index contributed by atoms with van der Waals surface area (Å²) >= 11 is 0. The van der Waals surface area contributed by atoms with Gasteiger partial charge in [-0.15, -0.1) is 0 Å². The number of rotatable bonds is 1. The third-order valence-corrected chi connectivity index (χ3v) is 0.340. The normalized spacial score (nSPS) is 11.7. The number of hydrogen-bond donors (Lipinski definition) is 1. The van der Waals surface area contributed by atoms with Crippen LogP contribution in [0, 0.1) is 0 Å². The van der Waals surface area contributed by atoms with Crippen LogP contribution in [0.4, 0.5) is 4.39 Å². The summed E-state index contributed by atoms with van der Waals surface area (Å²) in [5.41, 5.74) is 0. The molecular formula is C3H5FO2Zn. The molecule has 0 heterocycles. The molecule has 0 saturated carbocycles. The molecule has 0 aromatic heterocycles. The van der Waals surface area contributed by atoms with Gasteiger partial charge < -0.3 is 5.11 Å². The van der Waals surface area contributed by atoms with Crippen LogP contribution in [-0.4, -0.2) is 17.2 Å². The largest absolute Gasteiger partial charge is 0.479 e. The van der Waals surface area contributed by atoms with Gasteiger partial charge in [0.2, 0.25) is 0 Å². The summed E-state index contributed by atoms with van der Waals surface area (Å²) in [5.74, 6) is -1.41. The number of halogens is 1. The van der Waals surface area contributed by atoms with Crippen LogP contribution in [0.25, 0.3) is 0 Å². The molecular weight excluding hydrogens is 152 g/mol. The standard InChI is InChI=1S/C3H5FO2.Zn/c1-2(4)3(5)6;/h2H,1H3,(H,5,6);. The minimum absolute atomic E-state index is 0. The molecule has 1 unspecified atom stereocenters. The minimum atomic E-state index is -1.73. The first-order valence-electron chi connectivity index (χ1n) is 1.51. The zero-order valence-corrected chi connectivity index (χ0v) is 6.99. The number of carbonyl (C=O) groups is 1. The van der Waals surface area contributed by atoms with Crippen molar-refractivity contribution in [2.75, 3.05) is 0 Å². The molecule has 0 aromatic carbocycles. The van der Waals surface area contributed by atoms with Crippen molar-refractivity contribution < 1.29 is 33.8 Å². The Morgan fingerprint density at radius 2 is 2.00 bits per heavy atom. The van der Waals surface area contributed by atoms with Gasteiger partial charge in [-0.25, -0.2) is 9.18 Å². The van der Waals surface area contributed by atoms with Crippen LogP contribution in [-0.2, 0) is 24.3 Å². The summed E-state index contributed by atoms with van der Waals surface area (Å²) in [7, 11) is 0. The van der Waals surface area contributed by atoms with Crippen LogP contribution in [0.5, 0.6) is 0 Å². The van der Waals surface area contributed by atoms with Crippen molar-refractivity contribution in [3.63, 3.8) is 0 Å². The molecule has 0 aliphatic rings. The molecule has 1 N–H and O–H groups in total. The Labute approximate surface area is 53.5 Å². The Hall–Kier alpha value is 0.0234. The van der Waals surface area contributed by atoms with Gasteiger partial charge in [-0.1, -0.05) is 0 Å². The monoisotopic (exact) mass is 156 g/mol. The second kappa shape index (κ2) is 4.19. The summed E-state index contributed by atoms with van der Waals surface area (Å²) in [6.45, 7) is 0.975. The van der Waals surface area contributed by atoms with Gasteiger partial charge in [0.15, 0.2) is 6.17 Å². The molecule has 0 spiro atoms. The maximum atomic E-state index is 11.2. The molecule has 0 amide bonds. The van der Waals surface area contributed by atoms with Crippen LogP contribution in [0.15, 0.2) is 0 Å². The summed E-state index contributed by atoms with van der Waals surface area (Å²) in [6, 6.07) is 0. The van der Waals surface area contributed by atoms with Gasteiger partial charge in [-0.3, -0.25) is 0 Å². The van der Waals surface area contributed by atoms with Crippen molar-refractivity contribution in [1.82, 2.24) is 0 Å². The molecule has 1 atom stereocenters. The molecule has 0 bridgehead atoms. The van der Waals surface area contributed by atoms with Crippen LogP contribution in [0.2, 0.25) is 0 Å². The summed E-state index contributed by atoms with van der Waals surface area (Å²) < 4.78 is 11.2. The Morgan fingerprint density at radius 3 is 2.00 bits per heavy atom. The van der Waals surface area contributed by atoms with E-state index in [-0.39, 0.29) is 19.5 Å². The van der Waals surface area contributed by atoms with E-state index in [2.05, 4.69) is 0 Å². The van der Waals surface area contributed by atoms with Crippen molar-refractivity contribution >= 4 is 5.97 Å². The molecule has 0 saturated heterocycles. The van der Waals surface area contributed by atoms with E-state index in [4.69, 9.17) is 5.11 Å². The van der Waals surface area contributed by atoms with E-state index in [1.165, 1.54) is 0 Å². The van der Waals surface area contributed by atoms with Crippen LogP contribution >= 0.6 is 0 Å². The van der Waals surface area contributed by atoms with Crippen molar-refractivity contribution in [2.45, 2.75) is 13.1 Å². The quantitative estimate of drug-likeness (QED) is 0.561. The SMILES string of the molecule is CC(F)C(=O)O.[Zn]. The number of hydrogen-bond acceptors (Lipinski definition) is 1. The fraction of sp³-hybridized carbons (Fsp3) is 0.667. The van der Waals surface area contributed by atoms with Gasteiger partial charge in [0.25, 0.3) is 0 Å². The Balaban J connectivity index is 0. The molecule has 0 aliphatic heterocycles. The molecule has 7 heavy (non-hydrogen) atoms. The third-order valence-electron chi connectivity index (χ3n) is 0.340. The molecule has 38 valence electrons. The van der Waals surface area contributed by atoms with Gasteiger partial charge in [0.05, 0.1) is 0 Å². The second-order valence-corrected chi connectivity index (χ2v) is 0.954. The van der Waals surface area contributed by atoms with Crippen molar-refractivity contribution in [2.24, 2.45) is 0 Å². The van der Waals surface area contributed by atoms with Crippen LogP contribution in [0.1, 0.15) is 6.92 Å². The fourth-order valence-electron chi connectivity index (χ4n) is 0. The molecule has 0 aromatic rings. The van der Waals surface area contributed by atoms with Crippen LogP contribution in [0.3, 0.4) is 0 Å². The molecule has 0 rings (SSSR count). The van der Waals surface area contributed by atoms with Gasteiger partial charge in [0.1, 0.15) is 0 Å². The Kier molecular flexibility index (Phi) is 6.04. The summed E-state index contributed by atoms with van der Waals surface area (Å²) in [4.78, 5) is 9.32. The van der Waals surface area contributed by atoms with Gasteiger partial charge in [-0.2, -0.15) is 0 Å². The second-order valence-electron chi connectivity index (χ2n) is 0.954. The number of carboxylic acid groups (broad SMARTS) is 1. The van der Waals surface area contributed by atoms with Gasteiger partial charge in [-0.05, 0) is 6.92 Å².